The summed E-state index contributed by atoms with van der Waals surface area (Å²) in [5, 5.41) is 9.48. The highest BCUT2D eigenvalue weighted by molar-refractivity contribution is 6.33. The molecule has 2 aromatic carbocycles. The Morgan fingerprint density at radius 3 is 2.46 bits per heavy atom. The molecule has 0 unspecified atom stereocenters. The van der Waals surface area contributed by atoms with Gasteiger partial charge in [0.2, 0.25) is 5.91 Å². The number of primary amides is 1. The third-order valence-electron chi connectivity index (χ3n) is 3.63. The van der Waals surface area contributed by atoms with Crippen LogP contribution in [0.1, 0.15) is 28.3 Å². The number of aliphatic carboxylic acids is 1. The Kier molecular flexibility index (Phi) is 7.22. The average molecular weight is 369 g/mol. The van der Waals surface area contributed by atoms with Gasteiger partial charge in [0.25, 0.3) is 0 Å². The summed E-state index contributed by atoms with van der Waals surface area (Å²) in [5.74, 6) is -1.74. The Balaban J connectivity index is 0.00000288. The Labute approximate surface area is 151 Å². The molecule has 0 aliphatic carbocycles. The molecule has 0 fully saturated rings. The van der Waals surface area contributed by atoms with Gasteiger partial charge < -0.3 is 16.6 Å². The van der Waals surface area contributed by atoms with Crippen LogP contribution >= 0.6 is 24.0 Å². The molecule has 0 aliphatic rings. The maximum atomic E-state index is 11.3. The SMILES string of the molecule is Cl.NC[C@H](CC(=O)O)c1ccc(Cl)c(-c2cccc(C(N)=O)c2)c1. The van der Waals surface area contributed by atoms with Crippen molar-refractivity contribution in [3.8, 4) is 11.1 Å². The molecular formula is C17H18Cl2N2O3. The smallest absolute Gasteiger partial charge is 0.304 e. The van der Waals surface area contributed by atoms with Crippen molar-refractivity contribution < 1.29 is 14.7 Å². The van der Waals surface area contributed by atoms with E-state index in [-0.39, 0.29) is 31.3 Å². The van der Waals surface area contributed by atoms with Crippen molar-refractivity contribution in [2.75, 3.05) is 6.54 Å². The zero-order valence-corrected chi connectivity index (χ0v) is 14.3. The molecule has 0 aromatic heterocycles. The number of hydrogen-bond acceptors (Lipinski definition) is 3. The van der Waals surface area contributed by atoms with Gasteiger partial charge in [0.05, 0.1) is 6.42 Å². The van der Waals surface area contributed by atoms with Crippen molar-refractivity contribution in [2.24, 2.45) is 11.5 Å². The monoisotopic (exact) mass is 368 g/mol. The number of halogens is 2. The highest BCUT2D eigenvalue weighted by Crippen LogP contribution is 2.32. The zero-order chi connectivity index (χ0) is 17.0. The van der Waals surface area contributed by atoms with Crippen LogP contribution in [-0.2, 0) is 4.79 Å². The topological polar surface area (TPSA) is 106 Å². The number of benzene rings is 2. The highest BCUT2D eigenvalue weighted by Gasteiger charge is 2.16. The van der Waals surface area contributed by atoms with Crippen LogP contribution in [0.15, 0.2) is 42.5 Å². The minimum Gasteiger partial charge on any atom is -0.481 e. The molecule has 128 valence electrons. The number of carboxylic acid groups (broad SMARTS) is 1. The first-order valence-corrected chi connectivity index (χ1v) is 7.41. The van der Waals surface area contributed by atoms with Gasteiger partial charge in [-0.2, -0.15) is 0 Å². The molecule has 0 bridgehead atoms. The number of nitrogens with two attached hydrogens (primary N) is 2. The summed E-state index contributed by atoms with van der Waals surface area (Å²) in [4.78, 5) is 22.3. The summed E-state index contributed by atoms with van der Waals surface area (Å²) in [7, 11) is 0. The fraction of sp³-hybridized carbons (Fsp3) is 0.176. The average Bonchev–Trinajstić information content (AvgIpc) is 2.53. The van der Waals surface area contributed by atoms with Crippen molar-refractivity contribution in [3.05, 3.63) is 58.6 Å². The van der Waals surface area contributed by atoms with E-state index in [0.717, 1.165) is 11.1 Å². The van der Waals surface area contributed by atoms with Gasteiger partial charge in [0.1, 0.15) is 0 Å². The molecule has 7 heteroatoms. The predicted octanol–water partition coefficient (Wildman–Crippen LogP) is 3.04. The van der Waals surface area contributed by atoms with E-state index in [2.05, 4.69) is 0 Å². The number of carbonyl (C=O) groups excluding carboxylic acids is 1. The third kappa shape index (κ3) is 4.71. The Morgan fingerprint density at radius 2 is 1.88 bits per heavy atom. The maximum absolute atomic E-state index is 11.3. The largest absolute Gasteiger partial charge is 0.481 e. The molecule has 0 heterocycles. The number of carboxylic acids is 1. The van der Waals surface area contributed by atoms with Gasteiger partial charge >= 0.3 is 5.97 Å². The van der Waals surface area contributed by atoms with Crippen LogP contribution in [0.25, 0.3) is 11.1 Å². The zero-order valence-electron chi connectivity index (χ0n) is 12.7. The van der Waals surface area contributed by atoms with Gasteiger partial charge in [-0.25, -0.2) is 0 Å². The molecule has 2 aromatic rings. The molecule has 0 spiro atoms. The minimum absolute atomic E-state index is 0. The summed E-state index contributed by atoms with van der Waals surface area (Å²) < 4.78 is 0. The fourth-order valence-electron chi connectivity index (χ4n) is 2.41. The van der Waals surface area contributed by atoms with Crippen molar-refractivity contribution in [1.82, 2.24) is 0 Å². The maximum Gasteiger partial charge on any atom is 0.304 e. The molecule has 1 atom stereocenters. The predicted molar refractivity (Wildman–Crippen MR) is 96.7 cm³/mol. The van der Waals surface area contributed by atoms with Crippen LogP contribution in [0.3, 0.4) is 0 Å². The van der Waals surface area contributed by atoms with Gasteiger partial charge in [-0.3, -0.25) is 9.59 Å². The summed E-state index contributed by atoms with van der Waals surface area (Å²) >= 11 is 6.25. The van der Waals surface area contributed by atoms with Crippen LogP contribution in [0.4, 0.5) is 0 Å². The van der Waals surface area contributed by atoms with Crippen LogP contribution in [0.2, 0.25) is 5.02 Å². The lowest BCUT2D eigenvalue weighted by Crippen LogP contribution is -2.16. The molecular weight excluding hydrogens is 351 g/mol. The Hall–Kier alpha value is -2.08. The quantitative estimate of drug-likeness (QED) is 0.728. The highest BCUT2D eigenvalue weighted by atomic mass is 35.5. The second-order valence-electron chi connectivity index (χ2n) is 5.21. The lowest BCUT2D eigenvalue weighted by atomic mass is 9.92. The first-order valence-electron chi connectivity index (χ1n) is 7.04. The van der Waals surface area contributed by atoms with E-state index in [1.165, 1.54) is 0 Å². The molecule has 0 saturated carbocycles. The van der Waals surface area contributed by atoms with E-state index in [4.69, 9.17) is 28.2 Å². The van der Waals surface area contributed by atoms with Crippen molar-refractivity contribution in [2.45, 2.75) is 12.3 Å². The molecule has 24 heavy (non-hydrogen) atoms. The lowest BCUT2D eigenvalue weighted by molar-refractivity contribution is -0.137. The number of hydrogen-bond donors (Lipinski definition) is 3. The minimum atomic E-state index is -0.910. The molecule has 5 N–H and O–H groups in total. The summed E-state index contributed by atoms with van der Waals surface area (Å²) in [6, 6.07) is 12.1. The summed E-state index contributed by atoms with van der Waals surface area (Å²) in [5.41, 5.74) is 13.6. The Bertz CT molecular complexity index is 750. The molecule has 0 saturated heterocycles. The number of rotatable bonds is 6. The second kappa shape index (κ2) is 8.68. The van der Waals surface area contributed by atoms with E-state index >= 15 is 0 Å². The number of carbonyl (C=O) groups is 2. The van der Waals surface area contributed by atoms with Crippen molar-refractivity contribution in [3.63, 3.8) is 0 Å². The normalized spacial score (nSPS) is 11.4. The molecule has 2 rings (SSSR count). The first kappa shape index (κ1) is 20.0. The fourth-order valence-corrected chi connectivity index (χ4v) is 2.63. The van der Waals surface area contributed by atoms with Gasteiger partial charge in [-0.1, -0.05) is 29.8 Å². The van der Waals surface area contributed by atoms with Crippen molar-refractivity contribution >= 4 is 35.9 Å². The van der Waals surface area contributed by atoms with Crippen LogP contribution in [-0.4, -0.2) is 23.5 Å². The van der Waals surface area contributed by atoms with E-state index in [0.29, 0.717) is 16.1 Å². The van der Waals surface area contributed by atoms with Gasteiger partial charge in [-0.05, 0) is 41.9 Å². The summed E-state index contributed by atoms with van der Waals surface area (Å²) in [6.07, 6.45) is -0.0566. The molecule has 1 amide bonds. The Morgan fingerprint density at radius 1 is 1.17 bits per heavy atom. The van der Waals surface area contributed by atoms with E-state index < -0.39 is 11.9 Å². The molecule has 0 aliphatic heterocycles. The van der Waals surface area contributed by atoms with E-state index in [9.17, 15) is 9.59 Å². The van der Waals surface area contributed by atoms with Gasteiger partial charge in [0, 0.05) is 22.1 Å². The van der Waals surface area contributed by atoms with E-state index in [1.807, 2.05) is 12.1 Å². The van der Waals surface area contributed by atoms with Crippen molar-refractivity contribution in [1.29, 1.82) is 0 Å². The molecule has 0 radical (unpaired) electrons. The first-order chi connectivity index (χ1) is 10.9. The van der Waals surface area contributed by atoms with Gasteiger partial charge in [0.15, 0.2) is 0 Å². The standard InChI is InChI=1S/C17H17ClN2O3.ClH/c18-15-5-4-10(13(9-19)8-16(21)22)7-14(15)11-2-1-3-12(6-11)17(20)23;/h1-7,13H,8-9,19H2,(H2,20,23)(H,21,22);1H/t13-;/m0./s1. The molecule has 5 nitrogen and oxygen atoms in total. The van der Waals surface area contributed by atoms with Gasteiger partial charge in [-0.15, -0.1) is 12.4 Å². The van der Waals surface area contributed by atoms with Crippen LogP contribution in [0, 0.1) is 0 Å². The van der Waals surface area contributed by atoms with Crippen LogP contribution in [0.5, 0.6) is 0 Å². The van der Waals surface area contributed by atoms with E-state index in [1.54, 1.807) is 30.3 Å². The third-order valence-corrected chi connectivity index (χ3v) is 3.96. The number of amides is 1. The summed E-state index contributed by atoms with van der Waals surface area (Å²) in [6.45, 7) is 0.217. The van der Waals surface area contributed by atoms with Crippen LogP contribution < -0.4 is 11.5 Å². The lowest BCUT2D eigenvalue weighted by Gasteiger charge is -2.15. The second-order valence-corrected chi connectivity index (χ2v) is 5.62.